The Morgan fingerprint density at radius 2 is 2.05 bits per heavy atom. The topological polar surface area (TPSA) is 69.4 Å². The average molecular weight is 306 g/mol. The van der Waals surface area contributed by atoms with Crippen LogP contribution in [0.5, 0.6) is 5.75 Å². The van der Waals surface area contributed by atoms with Gasteiger partial charge in [-0.3, -0.25) is 14.9 Å². The van der Waals surface area contributed by atoms with E-state index in [-0.39, 0.29) is 23.6 Å². The molecule has 0 fully saturated rings. The van der Waals surface area contributed by atoms with Crippen molar-refractivity contribution in [1.29, 1.82) is 0 Å². The molecular weight excluding hydrogens is 294 g/mol. The molecule has 0 aromatic heterocycles. The predicted molar refractivity (Wildman–Crippen MR) is 79.1 cm³/mol. The van der Waals surface area contributed by atoms with Crippen LogP contribution in [0.15, 0.2) is 42.5 Å². The number of nitrogens with zero attached hydrogens (tertiary/aromatic N) is 1. The first kappa shape index (κ1) is 15.0. The van der Waals surface area contributed by atoms with E-state index in [4.69, 9.17) is 16.3 Å². The number of nitro benzene ring substituents is 1. The minimum Gasteiger partial charge on any atom is -0.485 e. The summed E-state index contributed by atoms with van der Waals surface area (Å²) in [5.41, 5.74) is 0.939. The second-order valence-electron chi connectivity index (χ2n) is 4.43. The maximum Gasteiger partial charge on any atom is 0.270 e. The Balaban J connectivity index is 2.08. The number of non-ortho nitro benzene ring substituents is 1. The third-order valence-electron chi connectivity index (χ3n) is 2.87. The highest BCUT2D eigenvalue weighted by Gasteiger charge is 2.12. The van der Waals surface area contributed by atoms with Crippen molar-refractivity contribution in [3.05, 3.63) is 68.7 Å². The monoisotopic (exact) mass is 305 g/mol. The fraction of sp³-hybridized carbons (Fsp3) is 0.133. The van der Waals surface area contributed by atoms with Gasteiger partial charge in [0.1, 0.15) is 5.75 Å². The number of rotatable bonds is 5. The molecule has 0 saturated heterocycles. The fourth-order valence-corrected chi connectivity index (χ4v) is 2.02. The van der Waals surface area contributed by atoms with Crippen LogP contribution in [0.3, 0.4) is 0 Å². The van der Waals surface area contributed by atoms with Gasteiger partial charge in [-0.15, -0.1) is 0 Å². The summed E-state index contributed by atoms with van der Waals surface area (Å²) in [6, 6.07) is 10.6. The van der Waals surface area contributed by atoms with E-state index in [1.54, 1.807) is 18.2 Å². The second kappa shape index (κ2) is 6.37. The number of nitro groups is 1. The normalized spacial score (nSPS) is 10.2. The van der Waals surface area contributed by atoms with Crippen molar-refractivity contribution in [2.24, 2.45) is 0 Å². The Morgan fingerprint density at radius 1 is 1.29 bits per heavy atom. The van der Waals surface area contributed by atoms with Crippen molar-refractivity contribution in [1.82, 2.24) is 0 Å². The highest BCUT2D eigenvalue weighted by Crippen LogP contribution is 2.22. The molecule has 0 amide bonds. The lowest BCUT2D eigenvalue weighted by molar-refractivity contribution is -0.384. The molecule has 0 saturated carbocycles. The molecule has 0 aliphatic rings. The molecule has 2 aromatic carbocycles. The van der Waals surface area contributed by atoms with Crippen LogP contribution in [0.2, 0.25) is 5.02 Å². The van der Waals surface area contributed by atoms with Crippen molar-refractivity contribution in [3.63, 3.8) is 0 Å². The number of Topliss-reactive ketones (excluding diaryl/α,β-unsaturated/α-hetero) is 1. The summed E-state index contributed by atoms with van der Waals surface area (Å²) in [6.07, 6.45) is 0. The van der Waals surface area contributed by atoms with Gasteiger partial charge in [0.2, 0.25) is 0 Å². The molecule has 0 N–H and O–H groups in total. The van der Waals surface area contributed by atoms with Gasteiger partial charge in [0.15, 0.2) is 12.4 Å². The van der Waals surface area contributed by atoms with Crippen molar-refractivity contribution in [2.75, 3.05) is 6.61 Å². The quantitative estimate of drug-likeness (QED) is 0.478. The van der Waals surface area contributed by atoms with Gasteiger partial charge in [0.05, 0.1) is 4.92 Å². The molecule has 0 radical (unpaired) electrons. The lowest BCUT2D eigenvalue weighted by atomic mass is 10.1. The molecule has 2 rings (SSSR count). The van der Waals surface area contributed by atoms with E-state index in [9.17, 15) is 14.9 Å². The summed E-state index contributed by atoms with van der Waals surface area (Å²) in [5.74, 6) is 0.228. The summed E-state index contributed by atoms with van der Waals surface area (Å²) in [4.78, 5) is 22.1. The van der Waals surface area contributed by atoms with Crippen molar-refractivity contribution < 1.29 is 14.5 Å². The molecule has 0 heterocycles. The molecule has 0 spiro atoms. The van der Waals surface area contributed by atoms with Crippen molar-refractivity contribution >= 4 is 23.1 Å². The molecule has 2 aromatic rings. The first-order chi connectivity index (χ1) is 9.97. The number of ether oxygens (including phenoxy) is 1. The molecule has 6 heteroatoms. The molecule has 0 bridgehead atoms. The van der Waals surface area contributed by atoms with Gasteiger partial charge in [0.25, 0.3) is 5.69 Å². The molecular formula is C15H12ClNO4. The smallest absolute Gasteiger partial charge is 0.270 e. The van der Waals surface area contributed by atoms with Crippen LogP contribution in [0.4, 0.5) is 5.69 Å². The van der Waals surface area contributed by atoms with E-state index < -0.39 is 4.92 Å². The van der Waals surface area contributed by atoms with Gasteiger partial charge < -0.3 is 4.74 Å². The van der Waals surface area contributed by atoms with Crippen LogP contribution < -0.4 is 4.74 Å². The van der Waals surface area contributed by atoms with Gasteiger partial charge in [-0.2, -0.15) is 0 Å². The van der Waals surface area contributed by atoms with E-state index in [1.807, 2.05) is 6.92 Å². The van der Waals surface area contributed by atoms with Crippen molar-refractivity contribution in [2.45, 2.75) is 6.92 Å². The SMILES string of the molecule is Cc1cc(Cl)ccc1OCC(=O)c1cccc([N+](=O)[O-])c1. The third-order valence-corrected chi connectivity index (χ3v) is 3.11. The van der Waals surface area contributed by atoms with Gasteiger partial charge in [-0.1, -0.05) is 23.7 Å². The molecule has 21 heavy (non-hydrogen) atoms. The number of benzene rings is 2. The lowest BCUT2D eigenvalue weighted by Crippen LogP contribution is -2.12. The van der Waals surface area contributed by atoms with E-state index >= 15 is 0 Å². The predicted octanol–water partition coefficient (Wildman–Crippen LogP) is 3.82. The Bertz CT molecular complexity index is 700. The Hall–Kier alpha value is -2.40. The molecule has 0 unspecified atom stereocenters. The summed E-state index contributed by atoms with van der Waals surface area (Å²) in [6.45, 7) is 1.63. The Labute approximate surface area is 126 Å². The maximum absolute atomic E-state index is 12.0. The number of aryl methyl sites for hydroxylation is 1. The summed E-state index contributed by atoms with van der Waals surface area (Å²) in [7, 11) is 0. The Morgan fingerprint density at radius 3 is 2.71 bits per heavy atom. The van der Waals surface area contributed by atoms with Crippen LogP contribution in [0, 0.1) is 17.0 Å². The number of carbonyl (C=O) groups excluding carboxylic acids is 1. The molecule has 108 valence electrons. The molecule has 0 aliphatic heterocycles. The Kier molecular flexibility index (Phi) is 4.55. The summed E-state index contributed by atoms with van der Waals surface area (Å²) >= 11 is 5.84. The first-order valence-electron chi connectivity index (χ1n) is 6.14. The number of carbonyl (C=O) groups is 1. The maximum atomic E-state index is 12.0. The largest absolute Gasteiger partial charge is 0.485 e. The molecule has 5 nitrogen and oxygen atoms in total. The van der Waals surface area contributed by atoms with Crippen molar-refractivity contribution in [3.8, 4) is 5.75 Å². The number of ketones is 1. The van der Waals surface area contributed by atoms with Crippen LogP contribution in [0.1, 0.15) is 15.9 Å². The fourth-order valence-electron chi connectivity index (χ4n) is 1.79. The highest BCUT2D eigenvalue weighted by molar-refractivity contribution is 6.30. The molecule has 0 aliphatic carbocycles. The third kappa shape index (κ3) is 3.79. The van der Waals surface area contributed by atoms with E-state index in [0.717, 1.165) is 5.56 Å². The summed E-state index contributed by atoms with van der Waals surface area (Å²) in [5, 5.41) is 11.3. The molecule has 0 atom stereocenters. The van der Waals surface area contributed by atoms with E-state index in [1.165, 1.54) is 24.3 Å². The van der Waals surface area contributed by atoms with Crippen LogP contribution in [0.25, 0.3) is 0 Å². The van der Waals surface area contributed by atoms with E-state index in [2.05, 4.69) is 0 Å². The minimum atomic E-state index is -0.541. The second-order valence-corrected chi connectivity index (χ2v) is 4.87. The van der Waals surface area contributed by atoms with Gasteiger partial charge in [-0.05, 0) is 30.7 Å². The highest BCUT2D eigenvalue weighted by atomic mass is 35.5. The van der Waals surface area contributed by atoms with Crippen LogP contribution in [-0.2, 0) is 0 Å². The minimum absolute atomic E-state index is 0.122. The zero-order valence-electron chi connectivity index (χ0n) is 11.2. The van der Waals surface area contributed by atoms with Gasteiger partial charge >= 0.3 is 0 Å². The standard InChI is InChI=1S/C15H12ClNO4/c1-10-7-12(16)5-6-15(10)21-9-14(18)11-3-2-4-13(8-11)17(19)20/h2-8H,9H2,1H3. The lowest BCUT2D eigenvalue weighted by Gasteiger charge is -2.08. The van der Waals surface area contributed by atoms with Crippen LogP contribution >= 0.6 is 11.6 Å². The van der Waals surface area contributed by atoms with Crippen LogP contribution in [-0.4, -0.2) is 17.3 Å². The van der Waals surface area contributed by atoms with E-state index in [0.29, 0.717) is 10.8 Å². The average Bonchev–Trinajstić information content (AvgIpc) is 2.46. The summed E-state index contributed by atoms with van der Waals surface area (Å²) < 4.78 is 5.43. The zero-order chi connectivity index (χ0) is 15.4. The van der Waals surface area contributed by atoms with Gasteiger partial charge in [0, 0.05) is 22.7 Å². The number of hydrogen-bond donors (Lipinski definition) is 0. The zero-order valence-corrected chi connectivity index (χ0v) is 12.0. The first-order valence-corrected chi connectivity index (χ1v) is 6.52. The number of hydrogen-bond acceptors (Lipinski definition) is 4. The number of halogens is 1. The van der Waals surface area contributed by atoms with Gasteiger partial charge in [-0.25, -0.2) is 0 Å².